The van der Waals surface area contributed by atoms with Gasteiger partial charge in [-0.2, -0.15) is 0 Å². The van der Waals surface area contributed by atoms with Gasteiger partial charge in [0.1, 0.15) is 0 Å². The first-order chi connectivity index (χ1) is 8.90. The molecular formula is C11H11N3O5. The number of non-ortho nitro benzene ring substituents is 1. The van der Waals surface area contributed by atoms with Crippen LogP contribution >= 0.6 is 0 Å². The SMILES string of the molecule is CC(=O)OC(C)n1[nH]c(=O)c2cc([N+](=O)[O-])ccc21. The fourth-order valence-electron chi connectivity index (χ4n) is 1.84. The lowest BCUT2D eigenvalue weighted by molar-refractivity contribution is -0.384. The molecule has 0 bridgehead atoms. The number of hydrogen-bond acceptors (Lipinski definition) is 5. The molecule has 2 rings (SSSR count). The van der Waals surface area contributed by atoms with Crippen molar-refractivity contribution in [1.82, 2.24) is 9.78 Å². The van der Waals surface area contributed by atoms with Crippen LogP contribution in [-0.4, -0.2) is 20.7 Å². The first kappa shape index (κ1) is 12.8. The fraction of sp³-hybridized carbons (Fsp3) is 0.273. The lowest BCUT2D eigenvalue weighted by Crippen LogP contribution is -2.15. The summed E-state index contributed by atoms with van der Waals surface area (Å²) in [5, 5.41) is 13.3. The molecule has 1 unspecified atom stereocenters. The predicted molar refractivity (Wildman–Crippen MR) is 65.7 cm³/mol. The minimum Gasteiger partial charge on any atom is -0.440 e. The number of H-pyrrole nitrogens is 1. The lowest BCUT2D eigenvalue weighted by atomic mass is 10.2. The zero-order valence-corrected chi connectivity index (χ0v) is 10.2. The van der Waals surface area contributed by atoms with Crippen molar-refractivity contribution in [1.29, 1.82) is 0 Å². The summed E-state index contributed by atoms with van der Waals surface area (Å²) >= 11 is 0. The fourth-order valence-corrected chi connectivity index (χ4v) is 1.84. The third-order valence-electron chi connectivity index (χ3n) is 2.62. The summed E-state index contributed by atoms with van der Waals surface area (Å²) in [4.78, 5) is 32.7. The molecule has 1 atom stereocenters. The van der Waals surface area contributed by atoms with Crippen molar-refractivity contribution in [3.63, 3.8) is 0 Å². The molecule has 0 aliphatic carbocycles. The van der Waals surface area contributed by atoms with Gasteiger partial charge in [0.25, 0.3) is 11.2 Å². The Morgan fingerprint density at radius 1 is 1.53 bits per heavy atom. The van der Waals surface area contributed by atoms with E-state index < -0.39 is 22.7 Å². The number of nitro groups is 1. The Kier molecular flexibility index (Phi) is 3.07. The average Bonchev–Trinajstić information content (AvgIpc) is 2.65. The molecule has 0 saturated heterocycles. The summed E-state index contributed by atoms with van der Waals surface area (Å²) in [6, 6.07) is 3.91. The number of aromatic amines is 1. The standard InChI is InChI=1S/C11H11N3O5/c1-6(19-7(2)15)13-10-4-3-8(14(17)18)5-9(10)11(16)12-13/h3-6H,1-2H3,(H,12,16). The van der Waals surface area contributed by atoms with Gasteiger partial charge >= 0.3 is 5.97 Å². The maximum Gasteiger partial charge on any atom is 0.304 e. The van der Waals surface area contributed by atoms with Gasteiger partial charge in [-0.25, -0.2) is 4.68 Å². The first-order valence-corrected chi connectivity index (χ1v) is 5.46. The summed E-state index contributed by atoms with van der Waals surface area (Å²) in [5.74, 6) is -0.489. The Bertz CT molecular complexity index is 715. The van der Waals surface area contributed by atoms with Crippen LogP contribution in [0.4, 0.5) is 5.69 Å². The van der Waals surface area contributed by atoms with Crippen LogP contribution in [0.2, 0.25) is 0 Å². The smallest absolute Gasteiger partial charge is 0.304 e. The Morgan fingerprint density at radius 3 is 2.79 bits per heavy atom. The third-order valence-corrected chi connectivity index (χ3v) is 2.62. The number of nitrogens with one attached hydrogen (secondary N) is 1. The van der Waals surface area contributed by atoms with E-state index >= 15 is 0 Å². The van der Waals surface area contributed by atoms with Crippen molar-refractivity contribution in [3.05, 3.63) is 38.7 Å². The van der Waals surface area contributed by atoms with E-state index in [-0.39, 0.29) is 11.1 Å². The topological polar surface area (TPSA) is 107 Å². The number of benzene rings is 1. The highest BCUT2D eigenvalue weighted by Gasteiger charge is 2.16. The van der Waals surface area contributed by atoms with E-state index in [2.05, 4.69) is 5.10 Å². The molecular weight excluding hydrogens is 254 g/mol. The Hall–Kier alpha value is -2.64. The third kappa shape index (κ3) is 2.32. The second-order valence-corrected chi connectivity index (χ2v) is 3.98. The summed E-state index contributed by atoms with van der Waals surface area (Å²) < 4.78 is 6.31. The van der Waals surface area contributed by atoms with Gasteiger partial charge in [0.15, 0.2) is 6.23 Å². The van der Waals surface area contributed by atoms with E-state index in [1.54, 1.807) is 6.92 Å². The van der Waals surface area contributed by atoms with Gasteiger partial charge in [-0.3, -0.25) is 24.8 Å². The van der Waals surface area contributed by atoms with Crippen LogP contribution in [0, 0.1) is 10.1 Å². The van der Waals surface area contributed by atoms with E-state index in [9.17, 15) is 19.7 Å². The molecule has 8 heteroatoms. The van der Waals surface area contributed by atoms with E-state index in [1.807, 2.05) is 0 Å². The number of aromatic nitrogens is 2. The molecule has 19 heavy (non-hydrogen) atoms. The quantitative estimate of drug-likeness (QED) is 0.511. The molecule has 100 valence electrons. The van der Waals surface area contributed by atoms with Gasteiger partial charge in [0.05, 0.1) is 15.8 Å². The van der Waals surface area contributed by atoms with Crippen molar-refractivity contribution in [2.75, 3.05) is 0 Å². The number of hydrogen-bond donors (Lipinski definition) is 1. The predicted octanol–water partition coefficient (Wildman–Crippen LogP) is 1.32. The van der Waals surface area contributed by atoms with E-state index in [0.717, 1.165) is 0 Å². The number of carbonyl (C=O) groups is 1. The maximum atomic E-state index is 11.7. The number of carbonyl (C=O) groups excluding carboxylic acids is 1. The second kappa shape index (κ2) is 4.56. The van der Waals surface area contributed by atoms with Gasteiger partial charge in [0, 0.05) is 19.1 Å². The van der Waals surface area contributed by atoms with Crippen molar-refractivity contribution in [2.45, 2.75) is 20.1 Å². The Labute approximate surface area is 106 Å². The van der Waals surface area contributed by atoms with Gasteiger partial charge in [0.2, 0.25) is 0 Å². The van der Waals surface area contributed by atoms with E-state index in [4.69, 9.17) is 4.74 Å². The Morgan fingerprint density at radius 2 is 2.21 bits per heavy atom. The van der Waals surface area contributed by atoms with Gasteiger partial charge < -0.3 is 4.74 Å². The summed E-state index contributed by atoms with van der Waals surface area (Å²) in [6.07, 6.45) is -0.704. The molecule has 0 aliphatic rings. The van der Waals surface area contributed by atoms with E-state index in [1.165, 1.54) is 29.8 Å². The molecule has 0 aliphatic heterocycles. The summed E-state index contributed by atoms with van der Waals surface area (Å²) in [6.45, 7) is 2.84. The monoisotopic (exact) mass is 265 g/mol. The number of nitrogens with zero attached hydrogens (tertiary/aromatic N) is 2. The highest BCUT2D eigenvalue weighted by atomic mass is 16.6. The summed E-state index contributed by atoms with van der Waals surface area (Å²) in [5.41, 5.74) is -0.210. The van der Waals surface area contributed by atoms with Crippen molar-refractivity contribution in [3.8, 4) is 0 Å². The highest BCUT2D eigenvalue weighted by molar-refractivity contribution is 5.81. The van der Waals surface area contributed by atoms with Crippen LogP contribution in [0.5, 0.6) is 0 Å². The second-order valence-electron chi connectivity index (χ2n) is 3.98. The van der Waals surface area contributed by atoms with Crippen molar-refractivity contribution in [2.24, 2.45) is 0 Å². The molecule has 0 fully saturated rings. The molecule has 0 spiro atoms. The normalized spacial score (nSPS) is 12.3. The minimum absolute atomic E-state index is 0.170. The maximum absolute atomic E-state index is 11.7. The van der Waals surface area contributed by atoms with Crippen molar-refractivity contribution < 1.29 is 14.5 Å². The minimum atomic E-state index is -0.704. The number of fused-ring (bicyclic) bond motifs is 1. The van der Waals surface area contributed by atoms with Gasteiger partial charge in [-0.15, -0.1) is 0 Å². The van der Waals surface area contributed by atoms with Crippen molar-refractivity contribution >= 4 is 22.6 Å². The number of nitro benzene ring substituents is 1. The first-order valence-electron chi connectivity index (χ1n) is 5.46. The van der Waals surface area contributed by atoms with E-state index in [0.29, 0.717) is 5.52 Å². The van der Waals surface area contributed by atoms with Crippen LogP contribution in [0.15, 0.2) is 23.0 Å². The molecule has 1 N–H and O–H groups in total. The molecule has 2 aromatic rings. The average molecular weight is 265 g/mol. The largest absolute Gasteiger partial charge is 0.440 e. The van der Waals surface area contributed by atoms with Crippen LogP contribution in [-0.2, 0) is 9.53 Å². The molecule has 0 saturated carbocycles. The highest BCUT2D eigenvalue weighted by Crippen LogP contribution is 2.20. The molecule has 1 aromatic carbocycles. The molecule has 1 aromatic heterocycles. The van der Waals surface area contributed by atoms with Gasteiger partial charge in [-0.1, -0.05) is 0 Å². The molecule has 0 amide bonds. The number of esters is 1. The van der Waals surface area contributed by atoms with Crippen LogP contribution < -0.4 is 5.56 Å². The summed E-state index contributed by atoms with van der Waals surface area (Å²) in [7, 11) is 0. The Balaban J connectivity index is 2.56. The molecule has 8 nitrogen and oxygen atoms in total. The van der Waals surface area contributed by atoms with Gasteiger partial charge in [-0.05, 0) is 13.0 Å². The lowest BCUT2D eigenvalue weighted by Gasteiger charge is -2.13. The zero-order valence-electron chi connectivity index (χ0n) is 10.2. The number of rotatable bonds is 3. The zero-order chi connectivity index (χ0) is 14.2. The molecule has 0 radical (unpaired) electrons. The number of ether oxygens (including phenoxy) is 1. The van der Waals surface area contributed by atoms with Crippen LogP contribution in [0.25, 0.3) is 10.9 Å². The van der Waals surface area contributed by atoms with Crippen LogP contribution in [0.3, 0.4) is 0 Å². The molecule has 1 heterocycles. The van der Waals surface area contributed by atoms with Crippen LogP contribution in [0.1, 0.15) is 20.1 Å².